The number of morpholine rings is 1. The molecule has 0 atom stereocenters. The number of aryl methyl sites for hydroxylation is 2. The van der Waals surface area contributed by atoms with Crippen molar-refractivity contribution in [3.05, 3.63) is 41.5 Å². The molecule has 8 heteroatoms. The molecular weight excluding hydrogens is 358 g/mol. The third kappa shape index (κ3) is 6.69. The largest absolute Gasteiger partial charge is 0.469 e. The Hall–Kier alpha value is -2.32. The average molecular weight is 390 g/mol. The molecule has 0 spiro atoms. The molecule has 1 aliphatic heterocycles. The van der Waals surface area contributed by atoms with E-state index in [1.54, 1.807) is 6.26 Å². The van der Waals surface area contributed by atoms with Crippen LogP contribution in [0.3, 0.4) is 0 Å². The van der Waals surface area contributed by atoms with Crippen LogP contribution in [0.25, 0.3) is 0 Å². The Morgan fingerprint density at radius 3 is 2.75 bits per heavy atom. The molecule has 0 radical (unpaired) electrons. The van der Waals surface area contributed by atoms with Crippen molar-refractivity contribution in [2.24, 2.45) is 4.99 Å². The van der Waals surface area contributed by atoms with Crippen LogP contribution in [0.5, 0.6) is 0 Å². The molecule has 154 valence electrons. The van der Waals surface area contributed by atoms with E-state index >= 15 is 0 Å². The zero-order valence-corrected chi connectivity index (χ0v) is 16.9. The van der Waals surface area contributed by atoms with E-state index in [4.69, 9.17) is 13.6 Å². The van der Waals surface area contributed by atoms with E-state index in [-0.39, 0.29) is 0 Å². The maximum absolute atomic E-state index is 5.63. The van der Waals surface area contributed by atoms with Crippen LogP contribution < -0.4 is 10.6 Å². The Balaban J connectivity index is 1.46. The van der Waals surface area contributed by atoms with Crippen molar-refractivity contribution in [3.8, 4) is 0 Å². The highest BCUT2D eigenvalue weighted by atomic mass is 16.5. The Morgan fingerprint density at radius 1 is 1.21 bits per heavy atom. The summed E-state index contributed by atoms with van der Waals surface area (Å²) < 4.78 is 16.4. The molecular formula is C20H31N5O3. The zero-order valence-electron chi connectivity index (χ0n) is 16.9. The summed E-state index contributed by atoms with van der Waals surface area (Å²) in [6.45, 7) is 10.6. The van der Waals surface area contributed by atoms with Gasteiger partial charge in [-0.25, -0.2) is 9.98 Å². The monoisotopic (exact) mass is 389 g/mol. The van der Waals surface area contributed by atoms with Gasteiger partial charge in [0, 0.05) is 32.6 Å². The van der Waals surface area contributed by atoms with Gasteiger partial charge in [-0.05, 0) is 38.9 Å². The lowest BCUT2D eigenvalue weighted by Crippen LogP contribution is -2.41. The Labute approximate surface area is 166 Å². The topological polar surface area (TPSA) is 88.1 Å². The van der Waals surface area contributed by atoms with Crippen molar-refractivity contribution in [3.63, 3.8) is 0 Å². The molecule has 1 aliphatic rings. The van der Waals surface area contributed by atoms with Gasteiger partial charge in [0.25, 0.3) is 0 Å². The third-order valence-electron chi connectivity index (χ3n) is 4.74. The minimum absolute atomic E-state index is 0.411. The Kier molecular flexibility index (Phi) is 7.93. The van der Waals surface area contributed by atoms with Gasteiger partial charge >= 0.3 is 0 Å². The number of nitrogens with zero attached hydrogens (tertiary/aromatic N) is 3. The van der Waals surface area contributed by atoms with Gasteiger partial charge in [0.05, 0.1) is 25.2 Å². The molecule has 2 aromatic heterocycles. The van der Waals surface area contributed by atoms with E-state index in [1.807, 2.05) is 26.0 Å². The van der Waals surface area contributed by atoms with Crippen molar-refractivity contribution in [2.75, 3.05) is 45.9 Å². The maximum Gasteiger partial charge on any atom is 0.216 e. The molecule has 3 rings (SSSR count). The molecule has 0 unspecified atom stereocenters. The number of guanidine groups is 1. The summed E-state index contributed by atoms with van der Waals surface area (Å²) in [7, 11) is 0. The average Bonchev–Trinajstić information content (AvgIpc) is 3.33. The Morgan fingerprint density at radius 2 is 2.04 bits per heavy atom. The minimum Gasteiger partial charge on any atom is -0.469 e. The highest BCUT2D eigenvalue weighted by Crippen LogP contribution is 2.09. The molecule has 0 amide bonds. The van der Waals surface area contributed by atoms with E-state index in [0.717, 1.165) is 82.0 Å². The number of hydrogen-bond acceptors (Lipinski definition) is 6. The van der Waals surface area contributed by atoms with Crippen molar-refractivity contribution in [1.82, 2.24) is 20.5 Å². The van der Waals surface area contributed by atoms with Gasteiger partial charge < -0.3 is 24.2 Å². The lowest BCUT2D eigenvalue weighted by Gasteiger charge is -2.26. The second kappa shape index (κ2) is 10.9. The molecule has 0 saturated carbocycles. The molecule has 0 bridgehead atoms. The van der Waals surface area contributed by atoms with E-state index < -0.39 is 0 Å². The number of aliphatic imine (C=N–C) groups is 1. The lowest BCUT2D eigenvalue weighted by molar-refractivity contribution is 0.0376. The van der Waals surface area contributed by atoms with Crippen LogP contribution in [-0.4, -0.2) is 61.8 Å². The van der Waals surface area contributed by atoms with Crippen LogP contribution in [0.2, 0.25) is 0 Å². The molecule has 0 aromatic carbocycles. The normalized spacial score (nSPS) is 15.7. The Bertz CT molecular complexity index is 701. The summed E-state index contributed by atoms with van der Waals surface area (Å²) >= 11 is 0. The zero-order chi connectivity index (χ0) is 19.6. The molecule has 1 fully saturated rings. The van der Waals surface area contributed by atoms with E-state index in [9.17, 15) is 0 Å². The van der Waals surface area contributed by atoms with Crippen molar-refractivity contribution in [1.29, 1.82) is 0 Å². The van der Waals surface area contributed by atoms with Gasteiger partial charge in [0.15, 0.2) is 5.96 Å². The summed E-state index contributed by atoms with van der Waals surface area (Å²) in [5.41, 5.74) is 0.913. The number of ether oxygens (including phenoxy) is 1. The summed E-state index contributed by atoms with van der Waals surface area (Å²) in [5.74, 6) is 3.20. The number of furan rings is 1. The number of oxazole rings is 1. The standard InChI is InChI=1S/C20H31N5O3/c1-16-17(2)28-19(24-16)15-23-20(22-8-6-18-5-3-12-27-18)21-7-4-9-25-10-13-26-14-11-25/h3,5,12H,4,6-11,13-15H2,1-2H3,(H2,21,22,23). The molecule has 2 N–H and O–H groups in total. The van der Waals surface area contributed by atoms with E-state index in [0.29, 0.717) is 12.4 Å². The van der Waals surface area contributed by atoms with Gasteiger partial charge in [0.2, 0.25) is 5.89 Å². The van der Waals surface area contributed by atoms with Gasteiger partial charge in [-0.1, -0.05) is 0 Å². The van der Waals surface area contributed by atoms with Crippen LogP contribution in [0.15, 0.2) is 32.2 Å². The smallest absolute Gasteiger partial charge is 0.216 e. The second-order valence-electron chi connectivity index (χ2n) is 6.90. The molecule has 3 heterocycles. The summed E-state index contributed by atoms with van der Waals surface area (Å²) in [4.78, 5) is 11.5. The minimum atomic E-state index is 0.411. The number of nitrogens with one attached hydrogen (secondary N) is 2. The fourth-order valence-corrected chi connectivity index (χ4v) is 3.02. The molecule has 28 heavy (non-hydrogen) atoms. The van der Waals surface area contributed by atoms with Gasteiger partial charge in [-0.15, -0.1) is 0 Å². The first-order valence-electron chi connectivity index (χ1n) is 9.98. The first-order chi connectivity index (χ1) is 13.7. The van der Waals surface area contributed by atoms with Crippen LogP contribution in [-0.2, 0) is 17.7 Å². The maximum atomic E-state index is 5.63. The van der Waals surface area contributed by atoms with Gasteiger partial charge in [-0.2, -0.15) is 0 Å². The van der Waals surface area contributed by atoms with Crippen LogP contribution in [0.1, 0.15) is 29.5 Å². The van der Waals surface area contributed by atoms with Crippen LogP contribution >= 0.6 is 0 Å². The SMILES string of the molecule is Cc1nc(CN=C(NCCCN2CCOCC2)NCCc2ccco2)oc1C. The van der Waals surface area contributed by atoms with Crippen LogP contribution in [0, 0.1) is 13.8 Å². The number of aromatic nitrogens is 1. The fraction of sp³-hybridized carbons (Fsp3) is 0.600. The number of hydrogen-bond donors (Lipinski definition) is 2. The molecule has 1 saturated heterocycles. The van der Waals surface area contributed by atoms with Gasteiger partial charge in [-0.3, -0.25) is 4.90 Å². The fourth-order valence-electron chi connectivity index (χ4n) is 3.02. The van der Waals surface area contributed by atoms with E-state index in [1.165, 1.54) is 0 Å². The predicted octanol–water partition coefficient (Wildman–Crippen LogP) is 1.88. The third-order valence-corrected chi connectivity index (χ3v) is 4.74. The highest BCUT2D eigenvalue weighted by Gasteiger charge is 2.10. The van der Waals surface area contributed by atoms with Crippen molar-refractivity contribution < 1.29 is 13.6 Å². The van der Waals surface area contributed by atoms with Gasteiger partial charge in [0.1, 0.15) is 18.1 Å². The van der Waals surface area contributed by atoms with E-state index in [2.05, 4.69) is 25.5 Å². The first kappa shape index (κ1) is 20.4. The predicted molar refractivity (Wildman–Crippen MR) is 107 cm³/mol. The number of rotatable bonds is 9. The molecule has 8 nitrogen and oxygen atoms in total. The quantitative estimate of drug-likeness (QED) is 0.385. The first-order valence-corrected chi connectivity index (χ1v) is 9.98. The summed E-state index contributed by atoms with van der Waals surface area (Å²) in [6.07, 6.45) is 3.55. The van der Waals surface area contributed by atoms with Crippen molar-refractivity contribution >= 4 is 5.96 Å². The van der Waals surface area contributed by atoms with Crippen LogP contribution in [0.4, 0.5) is 0 Å². The van der Waals surface area contributed by atoms with Crippen molar-refractivity contribution in [2.45, 2.75) is 33.2 Å². The summed E-state index contributed by atoms with van der Waals surface area (Å²) in [5, 5.41) is 6.78. The second-order valence-corrected chi connectivity index (χ2v) is 6.90. The lowest BCUT2D eigenvalue weighted by atomic mass is 10.3. The summed E-state index contributed by atoms with van der Waals surface area (Å²) in [6, 6.07) is 3.88. The molecule has 2 aromatic rings. The highest BCUT2D eigenvalue weighted by molar-refractivity contribution is 5.79. The molecule has 0 aliphatic carbocycles.